The van der Waals surface area contributed by atoms with Gasteiger partial charge in [-0.3, -0.25) is 4.79 Å². The molecule has 0 radical (unpaired) electrons. The number of hydrogen-bond acceptors (Lipinski definition) is 2. The van der Waals surface area contributed by atoms with E-state index in [9.17, 15) is 4.79 Å². The van der Waals surface area contributed by atoms with E-state index in [1.54, 1.807) is 0 Å². The summed E-state index contributed by atoms with van der Waals surface area (Å²) in [5.74, 6) is 0.131. The van der Waals surface area contributed by atoms with Gasteiger partial charge in [-0.05, 0) is 24.6 Å². The molecule has 0 aliphatic carbocycles. The van der Waals surface area contributed by atoms with E-state index < -0.39 is 0 Å². The minimum Gasteiger partial charge on any atom is -0.341 e. The zero-order valence-electron chi connectivity index (χ0n) is 9.95. The first-order valence-corrected chi connectivity index (χ1v) is 6.26. The summed E-state index contributed by atoms with van der Waals surface area (Å²) in [6, 6.07) is 7.83. The van der Waals surface area contributed by atoms with Crippen LogP contribution in [0, 0.1) is 0 Å². The monoisotopic (exact) mass is 252 g/mol. The summed E-state index contributed by atoms with van der Waals surface area (Å²) in [6.45, 7) is 1.89. The summed E-state index contributed by atoms with van der Waals surface area (Å²) in [5, 5.41) is 3.93. The largest absolute Gasteiger partial charge is 0.341 e. The van der Waals surface area contributed by atoms with Crippen LogP contribution in [0.5, 0.6) is 0 Å². The Morgan fingerprint density at radius 2 is 2.29 bits per heavy atom. The van der Waals surface area contributed by atoms with Crippen LogP contribution in [0.15, 0.2) is 24.3 Å². The molecule has 0 unspecified atom stereocenters. The van der Waals surface area contributed by atoms with Gasteiger partial charge in [-0.1, -0.05) is 29.8 Å². The van der Waals surface area contributed by atoms with E-state index in [1.165, 1.54) is 0 Å². The summed E-state index contributed by atoms with van der Waals surface area (Å²) >= 11 is 6.05. The van der Waals surface area contributed by atoms with Crippen molar-refractivity contribution >= 4 is 17.5 Å². The molecular weight excluding hydrogens is 236 g/mol. The molecule has 1 aromatic rings. The first-order chi connectivity index (χ1) is 8.18. The van der Waals surface area contributed by atoms with Gasteiger partial charge in [0, 0.05) is 24.7 Å². The minimum absolute atomic E-state index is 0.131. The molecule has 1 aliphatic rings. The van der Waals surface area contributed by atoms with Crippen molar-refractivity contribution in [2.75, 3.05) is 20.1 Å². The number of nitrogens with one attached hydrogen (secondary N) is 1. The van der Waals surface area contributed by atoms with Gasteiger partial charge in [0.2, 0.25) is 5.91 Å². The van der Waals surface area contributed by atoms with Crippen molar-refractivity contribution in [1.82, 2.24) is 10.2 Å². The molecule has 2 rings (SSSR count). The van der Waals surface area contributed by atoms with Gasteiger partial charge in [0.15, 0.2) is 0 Å². The number of carbonyl (C=O) groups is 1. The van der Waals surface area contributed by atoms with Crippen LogP contribution in [0.2, 0.25) is 5.02 Å². The quantitative estimate of drug-likeness (QED) is 0.888. The van der Waals surface area contributed by atoms with Crippen molar-refractivity contribution < 1.29 is 4.79 Å². The Morgan fingerprint density at radius 1 is 1.53 bits per heavy atom. The van der Waals surface area contributed by atoms with E-state index in [4.69, 9.17) is 11.6 Å². The third kappa shape index (κ3) is 2.99. The number of carbonyl (C=O) groups excluding carboxylic acids is 1. The third-order valence-corrected chi connectivity index (χ3v) is 3.64. The highest BCUT2D eigenvalue weighted by atomic mass is 35.5. The molecule has 1 fully saturated rings. The molecule has 0 saturated carbocycles. The fraction of sp³-hybridized carbons (Fsp3) is 0.462. The number of hydrogen-bond donors (Lipinski definition) is 1. The maximum Gasteiger partial charge on any atom is 0.227 e. The lowest BCUT2D eigenvalue weighted by Gasteiger charge is -2.24. The van der Waals surface area contributed by atoms with Crippen molar-refractivity contribution in [2.45, 2.75) is 18.9 Å². The molecule has 1 aromatic carbocycles. The maximum absolute atomic E-state index is 12.1. The van der Waals surface area contributed by atoms with Gasteiger partial charge in [0.1, 0.15) is 0 Å². The van der Waals surface area contributed by atoms with Crippen molar-refractivity contribution in [3.8, 4) is 0 Å². The predicted molar refractivity (Wildman–Crippen MR) is 69.2 cm³/mol. The number of halogens is 1. The normalized spacial score (nSPS) is 19.3. The molecule has 4 heteroatoms. The van der Waals surface area contributed by atoms with Gasteiger partial charge in [0.25, 0.3) is 0 Å². The fourth-order valence-corrected chi connectivity index (χ4v) is 2.31. The number of likely N-dealkylation sites (N-methyl/N-ethyl adjacent to an activating group) is 1. The van der Waals surface area contributed by atoms with Crippen molar-refractivity contribution in [1.29, 1.82) is 0 Å². The topological polar surface area (TPSA) is 32.3 Å². The van der Waals surface area contributed by atoms with Crippen LogP contribution in [0.4, 0.5) is 0 Å². The van der Waals surface area contributed by atoms with E-state index >= 15 is 0 Å². The molecule has 0 bridgehead atoms. The third-order valence-electron chi connectivity index (χ3n) is 3.27. The molecule has 0 aromatic heterocycles. The van der Waals surface area contributed by atoms with Crippen LogP contribution in [0.1, 0.15) is 12.0 Å². The van der Waals surface area contributed by atoms with Gasteiger partial charge >= 0.3 is 0 Å². The van der Waals surface area contributed by atoms with Crippen LogP contribution in [0.3, 0.4) is 0 Å². The molecule has 0 spiro atoms. The number of rotatable bonds is 3. The van der Waals surface area contributed by atoms with E-state index in [-0.39, 0.29) is 5.91 Å². The highest BCUT2D eigenvalue weighted by molar-refractivity contribution is 6.31. The lowest BCUT2D eigenvalue weighted by atomic mass is 10.1. The molecule has 17 heavy (non-hydrogen) atoms. The van der Waals surface area contributed by atoms with Crippen molar-refractivity contribution in [3.63, 3.8) is 0 Å². The highest BCUT2D eigenvalue weighted by Gasteiger charge is 2.23. The number of amides is 1. The Labute approximate surface area is 107 Å². The molecule has 92 valence electrons. The van der Waals surface area contributed by atoms with Gasteiger partial charge in [-0.25, -0.2) is 0 Å². The first kappa shape index (κ1) is 12.4. The minimum atomic E-state index is 0.131. The smallest absolute Gasteiger partial charge is 0.227 e. The Balaban J connectivity index is 1.99. The molecule has 1 saturated heterocycles. The Bertz CT molecular complexity index is 402. The predicted octanol–water partition coefficient (Wildman–Crippen LogP) is 1.70. The number of nitrogens with zero attached hydrogens (tertiary/aromatic N) is 1. The average molecular weight is 253 g/mol. The zero-order chi connectivity index (χ0) is 12.3. The van der Waals surface area contributed by atoms with Crippen molar-refractivity contribution in [2.24, 2.45) is 0 Å². The number of benzene rings is 1. The van der Waals surface area contributed by atoms with Crippen LogP contribution in [-0.2, 0) is 11.2 Å². The van der Waals surface area contributed by atoms with Crippen molar-refractivity contribution in [3.05, 3.63) is 34.9 Å². The second-order valence-electron chi connectivity index (χ2n) is 4.42. The average Bonchev–Trinajstić information content (AvgIpc) is 2.84. The molecule has 1 atom stereocenters. The summed E-state index contributed by atoms with van der Waals surface area (Å²) in [7, 11) is 1.87. The Morgan fingerprint density at radius 3 is 2.94 bits per heavy atom. The van der Waals surface area contributed by atoms with Crippen LogP contribution in [0.25, 0.3) is 0 Å². The van der Waals surface area contributed by atoms with Crippen LogP contribution >= 0.6 is 11.6 Å². The van der Waals surface area contributed by atoms with Gasteiger partial charge in [0.05, 0.1) is 6.42 Å². The molecule has 3 nitrogen and oxygen atoms in total. The molecular formula is C13H17ClN2O. The zero-order valence-corrected chi connectivity index (χ0v) is 10.7. The van der Waals surface area contributed by atoms with Crippen LogP contribution < -0.4 is 5.32 Å². The summed E-state index contributed by atoms with van der Waals surface area (Å²) < 4.78 is 0. The van der Waals surface area contributed by atoms with E-state index in [0.717, 1.165) is 25.1 Å². The van der Waals surface area contributed by atoms with E-state index in [2.05, 4.69) is 5.32 Å². The maximum atomic E-state index is 12.1. The Kier molecular flexibility index (Phi) is 4.02. The van der Waals surface area contributed by atoms with Gasteiger partial charge in [-0.2, -0.15) is 0 Å². The summed E-state index contributed by atoms with van der Waals surface area (Å²) in [5.41, 5.74) is 0.900. The second-order valence-corrected chi connectivity index (χ2v) is 4.83. The fourth-order valence-electron chi connectivity index (χ4n) is 2.10. The van der Waals surface area contributed by atoms with Gasteiger partial charge < -0.3 is 10.2 Å². The Hall–Kier alpha value is -1.06. The molecule has 1 N–H and O–H groups in total. The first-order valence-electron chi connectivity index (χ1n) is 5.88. The lowest BCUT2D eigenvalue weighted by Crippen LogP contribution is -2.39. The summed E-state index contributed by atoms with van der Waals surface area (Å²) in [4.78, 5) is 13.9. The standard InChI is InChI=1S/C13H17ClN2O/c1-16(11-6-7-15-9-11)13(17)8-10-4-2-3-5-12(10)14/h2-5,11,15H,6-9H2,1H3/t11-/m0/s1. The summed E-state index contributed by atoms with van der Waals surface area (Å²) in [6.07, 6.45) is 1.41. The van der Waals surface area contributed by atoms with E-state index in [1.807, 2.05) is 36.2 Å². The molecule has 1 amide bonds. The van der Waals surface area contributed by atoms with E-state index in [0.29, 0.717) is 17.5 Å². The van der Waals surface area contributed by atoms with Gasteiger partial charge in [-0.15, -0.1) is 0 Å². The molecule has 1 heterocycles. The lowest BCUT2D eigenvalue weighted by molar-refractivity contribution is -0.130. The highest BCUT2D eigenvalue weighted by Crippen LogP contribution is 2.17. The SMILES string of the molecule is CN(C(=O)Cc1ccccc1Cl)[C@H]1CCNC1. The van der Waals surface area contributed by atoms with Crippen LogP contribution in [-0.4, -0.2) is 37.0 Å². The second kappa shape index (κ2) is 5.52. The molecule has 1 aliphatic heterocycles.